The molecule has 86 valence electrons. The van der Waals surface area contributed by atoms with Gasteiger partial charge < -0.3 is 10.1 Å². The van der Waals surface area contributed by atoms with Crippen LogP contribution in [0.15, 0.2) is 23.1 Å². The van der Waals surface area contributed by atoms with Gasteiger partial charge in [-0.15, -0.1) is 0 Å². The standard InChI is InChI=1S/C13H17NOS/c1-8-13(16)14-12-10-5-3-2-4-9(10)6-7-11(12)15-8/h7-9H,2-6H2,1H3,(H,14,16). The molecule has 0 bridgehead atoms. The number of hydrogen-bond donors (Lipinski definition) is 1. The molecule has 3 heteroatoms. The molecule has 0 aromatic carbocycles. The first-order valence-electron chi connectivity index (χ1n) is 6.17. The predicted molar refractivity (Wildman–Crippen MR) is 68.0 cm³/mol. The average Bonchev–Trinajstić information content (AvgIpc) is 2.31. The Bertz CT molecular complexity index is 397. The lowest BCUT2D eigenvalue weighted by atomic mass is 9.78. The number of hydrogen-bond acceptors (Lipinski definition) is 2. The minimum absolute atomic E-state index is 0.0192. The van der Waals surface area contributed by atoms with Crippen molar-refractivity contribution in [2.24, 2.45) is 5.92 Å². The van der Waals surface area contributed by atoms with E-state index in [1.165, 1.54) is 31.4 Å². The fourth-order valence-electron chi connectivity index (χ4n) is 2.90. The summed E-state index contributed by atoms with van der Waals surface area (Å²) in [4.78, 5) is 0.825. The summed E-state index contributed by atoms with van der Waals surface area (Å²) in [5.41, 5.74) is 2.75. The maximum Gasteiger partial charge on any atom is 0.146 e. The second-order valence-electron chi connectivity index (χ2n) is 4.90. The Morgan fingerprint density at radius 3 is 3.19 bits per heavy atom. The minimum Gasteiger partial charge on any atom is -0.482 e. The van der Waals surface area contributed by atoms with E-state index >= 15 is 0 Å². The van der Waals surface area contributed by atoms with E-state index in [0.717, 1.165) is 23.1 Å². The molecule has 3 rings (SSSR count). The molecule has 0 radical (unpaired) electrons. The van der Waals surface area contributed by atoms with Gasteiger partial charge in [-0.05, 0) is 50.2 Å². The van der Waals surface area contributed by atoms with Gasteiger partial charge in [-0.1, -0.05) is 18.6 Å². The van der Waals surface area contributed by atoms with Crippen LogP contribution in [0, 0.1) is 5.92 Å². The van der Waals surface area contributed by atoms with E-state index in [1.807, 2.05) is 6.92 Å². The molecule has 2 aliphatic carbocycles. The zero-order valence-corrected chi connectivity index (χ0v) is 10.4. The summed E-state index contributed by atoms with van der Waals surface area (Å²) >= 11 is 5.29. The lowest BCUT2D eigenvalue weighted by Gasteiger charge is -2.36. The molecule has 1 aliphatic heterocycles. The van der Waals surface area contributed by atoms with E-state index in [9.17, 15) is 0 Å². The molecule has 0 aromatic heterocycles. The van der Waals surface area contributed by atoms with Gasteiger partial charge in [0, 0.05) is 0 Å². The number of ether oxygens (including phenoxy) is 1. The highest BCUT2D eigenvalue weighted by molar-refractivity contribution is 7.80. The maximum atomic E-state index is 5.85. The fourth-order valence-corrected chi connectivity index (χ4v) is 3.05. The van der Waals surface area contributed by atoms with E-state index < -0.39 is 0 Å². The zero-order chi connectivity index (χ0) is 11.1. The second-order valence-corrected chi connectivity index (χ2v) is 5.34. The number of rotatable bonds is 0. The van der Waals surface area contributed by atoms with E-state index in [4.69, 9.17) is 17.0 Å². The van der Waals surface area contributed by atoms with Crippen LogP contribution in [0.1, 0.15) is 39.0 Å². The third kappa shape index (κ3) is 1.58. The zero-order valence-electron chi connectivity index (χ0n) is 9.58. The van der Waals surface area contributed by atoms with Crippen LogP contribution in [-0.4, -0.2) is 11.1 Å². The summed E-state index contributed by atoms with van der Waals surface area (Å²) in [7, 11) is 0. The Kier molecular flexibility index (Phi) is 2.51. The van der Waals surface area contributed by atoms with Gasteiger partial charge in [0.1, 0.15) is 16.9 Å². The summed E-state index contributed by atoms with van der Waals surface area (Å²) < 4.78 is 5.85. The first-order valence-corrected chi connectivity index (χ1v) is 6.57. The number of nitrogens with one attached hydrogen (secondary N) is 1. The number of thiocarbonyl (C=S) groups is 1. The quantitative estimate of drug-likeness (QED) is 0.652. The summed E-state index contributed by atoms with van der Waals surface area (Å²) in [6, 6.07) is 0. The van der Waals surface area contributed by atoms with Crippen LogP contribution in [0.5, 0.6) is 0 Å². The van der Waals surface area contributed by atoms with Gasteiger partial charge in [0.2, 0.25) is 0 Å². The van der Waals surface area contributed by atoms with Crippen LogP contribution in [0.25, 0.3) is 0 Å². The summed E-state index contributed by atoms with van der Waals surface area (Å²) in [6.07, 6.45) is 8.62. The molecule has 0 aromatic rings. The highest BCUT2D eigenvalue weighted by atomic mass is 32.1. The van der Waals surface area contributed by atoms with Crippen molar-refractivity contribution in [3.05, 3.63) is 23.1 Å². The molecule has 1 saturated heterocycles. The highest BCUT2D eigenvalue weighted by Gasteiger charge is 2.32. The van der Waals surface area contributed by atoms with E-state index in [-0.39, 0.29) is 6.10 Å². The fraction of sp³-hybridized carbons (Fsp3) is 0.615. The second kappa shape index (κ2) is 3.88. The molecule has 1 saturated carbocycles. The van der Waals surface area contributed by atoms with Crippen molar-refractivity contribution in [1.82, 2.24) is 5.32 Å². The topological polar surface area (TPSA) is 21.3 Å². The predicted octanol–water partition coefficient (Wildman–Crippen LogP) is 3.05. The summed E-state index contributed by atoms with van der Waals surface area (Å²) in [5.74, 6) is 1.77. The molecule has 2 unspecified atom stereocenters. The molecule has 1 N–H and O–H groups in total. The molecule has 1 heterocycles. The van der Waals surface area contributed by atoms with Crippen molar-refractivity contribution in [3.63, 3.8) is 0 Å². The summed E-state index contributed by atoms with van der Waals surface area (Å²) in [6.45, 7) is 2.00. The number of allylic oxidation sites excluding steroid dienone is 2. The molecule has 2 atom stereocenters. The monoisotopic (exact) mass is 235 g/mol. The van der Waals surface area contributed by atoms with Gasteiger partial charge >= 0.3 is 0 Å². The van der Waals surface area contributed by atoms with Crippen molar-refractivity contribution in [2.75, 3.05) is 0 Å². The van der Waals surface area contributed by atoms with Gasteiger partial charge in [-0.25, -0.2) is 0 Å². The van der Waals surface area contributed by atoms with E-state index in [0.29, 0.717) is 0 Å². The normalized spacial score (nSPS) is 33.3. The highest BCUT2D eigenvalue weighted by Crippen LogP contribution is 2.40. The first-order chi connectivity index (χ1) is 7.75. The molecule has 2 nitrogen and oxygen atoms in total. The van der Waals surface area contributed by atoms with Crippen LogP contribution >= 0.6 is 12.2 Å². The van der Waals surface area contributed by atoms with Crippen molar-refractivity contribution in [2.45, 2.75) is 45.1 Å². The van der Waals surface area contributed by atoms with Crippen molar-refractivity contribution in [1.29, 1.82) is 0 Å². The van der Waals surface area contributed by atoms with Gasteiger partial charge in [0.15, 0.2) is 0 Å². The smallest absolute Gasteiger partial charge is 0.146 e. The Balaban J connectivity index is 1.96. The average molecular weight is 235 g/mol. The van der Waals surface area contributed by atoms with Crippen molar-refractivity contribution < 1.29 is 4.74 Å². The molecular weight excluding hydrogens is 218 g/mol. The van der Waals surface area contributed by atoms with Gasteiger partial charge in [0.05, 0.1) is 5.70 Å². The summed E-state index contributed by atoms with van der Waals surface area (Å²) in [5, 5.41) is 3.39. The molecular formula is C13H17NOS. The van der Waals surface area contributed by atoms with Gasteiger partial charge in [-0.2, -0.15) is 0 Å². The van der Waals surface area contributed by atoms with Crippen LogP contribution in [0.4, 0.5) is 0 Å². The number of morpholine rings is 1. The number of fused-ring (bicyclic) bond motifs is 2. The van der Waals surface area contributed by atoms with Crippen LogP contribution in [0.2, 0.25) is 0 Å². The Morgan fingerprint density at radius 1 is 1.44 bits per heavy atom. The first kappa shape index (κ1) is 10.3. The van der Waals surface area contributed by atoms with Gasteiger partial charge in [0.25, 0.3) is 0 Å². The molecule has 3 aliphatic rings. The molecule has 2 fully saturated rings. The lowest BCUT2D eigenvalue weighted by molar-refractivity contribution is 0.172. The minimum atomic E-state index is 0.0192. The van der Waals surface area contributed by atoms with Crippen LogP contribution in [0.3, 0.4) is 0 Å². The SMILES string of the molecule is CC1OC2=CCC3CCCCC3=C2NC1=S. The van der Waals surface area contributed by atoms with Crippen molar-refractivity contribution >= 4 is 17.2 Å². The Morgan fingerprint density at radius 2 is 2.31 bits per heavy atom. The maximum absolute atomic E-state index is 5.85. The lowest BCUT2D eigenvalue weighted by Crippen LogP contribution is -2.41. The van der Waals surface area contributed by atoms with Crippen molar-refractivity contribution in [3.8, 4) is 0 Å². The Hall–Kier alpha value is -0.830. The van der Waals surface area contributed by atoms with Crippen LogP contribution < -0.4 is 5.32 Å². The largest absolute Gasteiger partial charge is 0.482 e. The third-order valence-electron chi connectivity index (χ3n) is 3.82. The van der Waals surface area contributed by atoms with Crippen LogP contribution in [-0.2, 0) is 4.74 Å². The van der Waals surface area contributed by atoms with E-state index in [1.54, 1.807) is 5.57 Å². The molecule has 16 heavy (non-hydrogen) atoms. The third-order valence-corrected chi connectivity index (χ3v) is 4.25. The Labute approximate surface area is 102 Å². The van der Waals surface area contributed by atoms with Gasteiger partial charge in [-0.3, -0.25) is 0 Å². The molecule has 0 spiro atoms. The van der Waals surface area contributed by atoms with E-state index in [2.05, 4.69) is 11.4 Å². The molecule has 0 amide bonds.